The Morgan fingerprint density at radius 3 is 2.74 bits per heavy atom. The summed E-state index contributed by atoms with van der Waals surface area (Å²) in [4.78, 5) is 12.0. The molecule has 1 aliphatic rings. The number of amides is 1. The lowest BCUT2D eigenvalue weighted by Gasteiger charge is -2.21. The van der Waals surface area contributed by atoms with Crippen LogP contribution in [0.15, 0.2) is 18.2 Å². The summed E-state index contributed by atoms with van der Waals surface area (Å²) in [6.45, 7) is 0. The number of nitrogens with one attached hydrogen (secondary N) is 1. The lowest BCUT2D eigenvalue weighted by molar-refractivity contribution is 0.0815. The van der Waals surface area contributed by atoms with E-state index in [2.05, 4.69) is 5.32 Å². The predicted molar refractivity (Wildman–Crippen MR) is 68.4 cm³/mol. The van der Waals surface area contributed by atoms with Crippen LogP contribution in [0, 0.1) is 5.82 Å². The molecule has 0 radical (unpaired) electrons. The Labute approximate surface area is 111 Å². The number of aliphatic hydroxyl groups is 1. The molecule has 2 unspecified atom stereocenters. The summed E-state index contributed by atoms with van der Waals surface area (Å²) in [6.07, 6.45) is 3.71. The largest absolute Gasteiger partial charge is 0.508 e. The number of aliphatic hydroxyl groups excluding tert-OH is 1. The minimum absolute atomic E-state index is 0.116. The van der Waals surface area contributed by atoms with Gasteiger partial charge in [-0.3, -0.25) is 4.79 Å². The first-order chi connectivity index (χ1) is 9.08. The second-order valence-corrected chi connectivity index (χ2v) is 4.95. The Morgan fingerprint density at radius 1 is 1.26 bits per heavy atom. The smallest absolute Gasteiger partial charge is 0.254 e. The number of carbonyl (C=O) groups excluding carboxylic acids is 1. The van der Waals surface area contributed by atoms with Crippen LogP contribution < -0.4 is 5.32 Å². The van der Waals surface area contributed by atoms with E-state index in [-0.39, 0.29) is 17.4 Å². The van der Waals surface area contributed by atoms with Gasteiger partial charge in [0.1, 0.15) is 11.6 Å². The highest BCUT2D eigenvalue weighted by Gasteiger charge is 2.24. The number of aromatic hydroxyl groups is 1. The fourth-order valence-electron chi connectivity index (χ4n) is 2.39. The molecule has 1 fully saturated rings. The van der Waals surface area contributed by atoms with Crippen molar-refractivity contribution in [1.29, 1.82) is 0 Å². The highest BCUT2D eigenvalue weighted by Crippen LogP contribution is 2.19. The van der Waals surface area contributed by atoms with Crippen molar-refractivity contribution in [2.45, 2.75) is 44.2 Å². The van der Waals surface area contributed by atoms with E-state index in [0.29, 0.717) is 12.8 Å². The van der Waals surface area contributed by atoms with Gasteiger partial charge in [0.25, 0.3) is 5.91 Å². The zero-order valence-corrected chi connectivity index (χ0v) is 10.6. The Balaban J connectivity index is 2.07. The maximum Gasteiger partial charge on any atom is 0.254 e. The number of rotatable bonds is 2. The van der Waals surface area contributed by atoms with Gasteiger partial charge in [-0.25, -0.2) is 4.39 Å². The summed E-state index contributed by atoms with van der Waals surface area (Å²) in [6, 6.07) is 3.08. The number of hydrogen-bond acceptors (Lipinski definition) is 3. The van der Waals surface area contributed by atoms with Crippen molar-refractivity contribution in [2.75, 3.05) is 0 Å². The molecule has 0 aromatic heterocycles. The van der Waals surface area contributed by atoms with Crippen LogP contribution in [0.25, 0.3) is 0 Å². The molecule has 1 aliphatic carbocycles. The third-order valence-corrected chi connectivity index (χ3v) is 3.49. The van der Waals surface area contributed by atoms with Crippen LogP contribution in [0.3, 0.4) is 0 Å². The molecule has 3 N–H and O–H groups in total. The van der Waals surface area contributed by atoms with Gasteiger partial charge < -0.3 is 15.5 Å². The number of halogens is 1. The molecule has 0 heterocycles. The van der Waals surface area contributed by atoms with E-state index >= 15 is 0 Å². The zero-order chi connectivity index (χ0) is 13.8. The molecule has 2 atom stereocenters. The van der Waals surface area contributed by atoms with Crippen LogP contribution in [-0.4, -0.2) is 28.3 Å². The standard InChI is InChI=1S/C14H18FNO3/c15-11-8-9(17)6-7-10(11)14(19)16-12-4-2-1-3-5-13(12)18/h6-8,12-13,17-18H,1-5H2,(H,16,19). The number of benzene rings is 1. The van der Waals surface area contributed by atoms with Crippen LogP contribution in [0.4, 0.5) is 4.39 Å². The normalized spacial score (nSPS) is 23.7. The van der Waals surface area contributed by atoms with Crippen LogP contribution >= 0.6 is 0 Å². The lowest BCUT2D eigenvalue weighted by Crippen LogP contribution is -2.42. The molecular formula is C14H18FNO3. The predicted octanol–water partition coefficient (Wildman–Crippen LogP) is 1.95. The summed E-state index contributed by atoms with van der Waals surface area (Å²) >= 11 is 0. The van der Waals surface area contributed by atoms with Crippen molar-refractivity contribution >= 4 is 5.91 Å². The second-order valence-electron chi connectivity index (χ2n) is 4.95. The fraction of sp³-hybridized carbons (Fsp3) is 0.500. The third-order valence-electron chi connectivity index (χ3n) is 3.49. The van der Waals surface area contributed by atoms with Crippen molar-refractivity contribution in [1.82, 2.24) is 5.32 Å². The molecule has 1 amide bonds. The average molecular weight is 267 g/mol. The van der Waals surface area contributed by atoms with Gasteiger partial charge in [-0.2, -0.15) is 0 Å². The van der Waals surface area contributed by atoms with Gasteiger partial charge in [0.05, 0.1) is 17.7 Å². The molecule has 0 saturated heterocycles. The number of hydrogen-bond donors (Lipinski definition) is 3. The van der Waals surface area contributed by atoms with E-state index < -0.39 is 17.8 Å². The van der Waals surface area contributed by atoms with E-state index in [1.807, 2.05) is 0 Å². The van der Waals surface area contributed by atoms with Crippen molar-refractivity contribution in [3.63, 3.8) is 0 Å². The Morgan fingerprint density at radius 2 is 2.00 bits per heavy atom. The van der Waals surface area contributed by atoms with Gasteiger partial charge in [-0.15, -0.1) is 0 Å². The molecule has 0 spiro atoms. The molecule has 4 nitrogen and oxygen atoms in total. The summed E-state index contributed by atoms with van der Waals surface area (Å²) < 4.78 is 13.5. The SMILES string of the molecule is O=C(NC1CCCCCC1O)c1ccc(O)cc1F. The third kappa shape index (κ3) is 3.44. The molecule has 0 bridgehead atoms. The maximum atomic E-state index is 13.5. The van der Waals surface area contributed by atoms with Gasteiger partial charge >= 0.3 is 0 Å². The van der Waals surface area contributed by atoms with Gasteiger partial charge in [-0.1, -0.05) is 19.3 Å². The Kier molecular flexibility index (Phi) is 4.37. The van der Waals surface area contributed by atoms with Crippen molar-refractivity contribution in [3.05, 3.63) is 29.6 Å². The Bertz CT molecular complexity index is 464. The first-order valence-corrected chi connectivity index (χ1v) is 6.55. The second kappa shape index (κ2) is 6.02. The van der Waals surface area contributed by atoms with Gasteiger partial charge in [0.15, 0.2) is 0 Å². The molecular weight excluding hydrogens is 249 g/mol. The molecule has 104 valence electrons. The van der Waals surface area contributed by atoms with E-state index in [9.17, 15) is 14.3 Å². The monoisotopic (exact) mass is 267 g/mol. The molecule has 1 aromatic rings. The van der Waals surface area contributed by atoms with E-state index in [1.165, 1.54) is 12.1 Å². The number of phenolic OH excluding ortho intramolecular Hbond substituents is 1. The number of phenols is 1. The van der Waals surface area contributed by atoms with Crippen LogP contribution in [0.2, 0.25) is 0 Å². The minimum atomic E-state index is -0.763. The van der Waals surface area contributed by atoms with E-state index in [1.54, 1.807) is 0 Å². The topological polar surface area (TPSA) is 69.6 Å². The molecule has 19 heavy (non-hydrogen) atoms. The van der Waals surface area contributed by atoms with Crippen molar-refractivity contribution in [3.8, 4) is 5.75 Å². The Hall–Kier alpha value is -1.62. The van der Waals surface area contributed by atoms with Crippen molar-refractivity contribution in [2.24, 2.45) is 0 Å². The summed E-state index contributed by atoms with van der Waals surface area (Å²) in [5.41, 5.74) is -0.116. The minimum Gasteiger partial charge on any atom is -0.508 e. The van der Waals surface area contributed by atoms with Gasteiger partial charge in [0, 0.05) is 6.07 Å². The zero-order valence-electron chi connectivity index (χ0n) is 10.6. The molecule has 1 aromatic carbocycles. The van der Waals surface area contributed by atoms with Gasteiger partial charge in [0.2, 0.25) is 0 Å². The maximum absolute atomic E-state index is 13.5. The summed E-state index contributed by atoms with van der Waals surface area (Å²) in [5, 5.41) is 21.7. The first kappa shape index (κ1) is 13.8. The number of carbonyl (C=O) groups is 1. The van der Waals surface area contributed by atoms with Crippen LogP contribution in [-0.2, 0) is 0 Å². The highest BCUT2D eigenvalue weighted by atomic mass is 19.1. The first-order valence-electron chi connectivity index (χ1n) is 6.55. The molecule has 0 aliphatic heterocycles. The van der Waals surface area contributed by atoms with Crippen LogP contribution in [0.5, 0.6) is 5.75 Å². The van der Waals surface area contributed by atoms with Gasteiger partial charge in [-0.05, 0) is 25.0 Å². The highest BCUT2D eigenvalue weighted by molar-refractivity contribution is 5.94. The summed E-state index contributed by atoms with van der Waals surface area (Å²) in [5.74, 6) is -1.53. The molecule has 5 heteroatoms. The van der Waals surface area contributed by atoms with E-state index in [0.717, 1.165) is 25.3 Å². The molecule has 1 saturated carbocycles. The lowest BCUT2D eigenvalue weighted by atomic mass is 10.1. The quantitative estimate of drug-likeness (QED) is 0.717. The average Bonchev–Trinajstić information content (AvgIpc) is 2.55. The molecule has 2 rings (SSSR count). The van der Waals surface area contributed by atoms with Crippen molar-refractivity contribution < 1.29 is 19.4 Å². The van der Waals surface area contributed by atoms with E-state index in [4.69, 9.17) is 5.11 Å². The fourth-order valence-corrected chi connectivity index (χ4v) is 2.39. The van der Waals surface area contributed by atoms with Crippen LogP contribution in [0.1, 0.15) is 42.5 Å². The summed E-state index contributed by atoms with van der Waals surface area (Å²) in [7, 11) is 0.